The standard InChI is InChI=1S/C12H21N3O3S/c1-5-6-7-19(17,18)14-11(16)10-8-13-15(9-10)12(2,3)4/h8-9H,5-7H2,1-4H3,(H,14,16). The van der Waals surface area contributed by atoms with Crippen LogP contribution in [0, 0.1) is 0 Å². The van der Waals surface area contributed by atoms with E-state index in [9.17, 15) is 13.2 Å². The van der Waals surface area contributed by atoms with E-state index in [2.05, 4.69) is 9.82 Å². The number of rotatable bonds is 5. The van der Waals surface area contributed by atoms with E-state index in [-0.39, 0.29) is 16.9 Å². The average molecular weight is 287 g/mol. The summed E-state index contributed by atoms with van der Waals surface area (Å²) < 4.78 is 26.9. The van der Waals surface area contributed by atoms with E-state index in [1.807, 2.05) is 27.7 Å². The highest BCUT2D eigenvalue weighted by Crippen LogP contribution is 2.13. The number of aromatic nitrogens is 2. The molecule has 0 bridgehead atoms. The molecule has 1 aromatic rings. The van der Waals surface area contributed by atoms with Gasteiger partial charge in [0.25, 0.3) is 5.91 Å². The summed E-state index contributed by atoms with van der Waals surface area (Å²) in [4.78, 5) is 11.8. The van der Waals surface area contributed by atoms with Crippen LogP contribution >= 0.6 is 0 Å². The molecule has 7 heteroatoms. The second-order valence-electron chi connectivity index (χ2n) is 5.45. The summed E-state index contributed by atoms with van der Waals surface area (Å²) in [7, 11) is -3.55. The van der Waals surface area contributed by atoms with E-state index in [4.69, 9.17) is 0 Å². The lowest BCUT2D eigenvalue weighted by molar-refractivity contribution is 0.0981. The van der Waals surface area contributed by atoms with Gasteiger partial charge in [-0.1, -0.05) is 13.3 Å². The third-order valence-corrected chi connectivity index (χ3v) is 3.87. The summed E-state index contributed by atoms with van der Waals surface area (Å²) >= 11 is 0. The normalized spacial score (nSPS) is 12.4. The highest BCUT2D eigenvalue weighted by molar-refractivity contribution is 7.90. The van der Waals surface area contributed by atoms with Crippen molar-refractivity contribution in [3.05, 3.63) is 18.0 Å². The van der Waals surface area contributed by atoms with Gasteiger partial charge in [-0.15, -0.1) is 0 Å². The first kappa shape index (κ1) is 15.7. The number of carbonyl (C=O) groups excluding carboxylic acids is 1. The molecule has 0 spiro atoms. The fourth-order valence-electron chi connectivity index (χ4n) is 1.39. The molecule has 0 fully saturated rings. The Morgan fingerprint density at radius 1 is 1.42 bits per heavy atom. The lowest BCUT2D eigenvalue weighted by Gasteiger charge is -2.18. The van der Waals surface area contributed by atoms with Crippen molar-refractivity contribution in [2.24, 2.45) is 0 Å². The van der Waals surface area contributed by atoms with Gasteiger partial charge in [-0.25, -0.2) is 13.1 Å². The van der Waals surface area contributed by atoms with Gasteiger partial charge in [0.2, 0.25) is 10.0 Å². The Hall–Kier alpha value is -1.37. The third-order valence-electron chi connectivity index (χ3n) is 2.55. The van der Waals surface area contributed by atoms with E-state index >= 15 is 0 Å². The van der Waals surface area contributed by atoms with E-state index in [1.54, 1.807) is 10.9 Å². The maximum atomic E-state index is 11.8. The van der Waals surface area contributed by atoms with Gasteiger partial charge in [-0.2, -0.15) is 5.10 Å². The maximum absolute atomic E-state index is 11.8. The molecule has 19 heavy (non-hydrogen) atoms. The Morgan fingerprint density at radius 2 is 2.05 bits per heavy atom. The van der Waals surface area contributed by atoms with Crippen LogP contribution in [0.4, 0.5) is 0 Å². The van der Waals surface area contributed by atoms with E-state index < -0.39 is 15.9 Å². The molecule has 0 aromatic carbocycles. The molecule has 0 saturated heterocycles. The van der Waals surface area contributed by atoms with Crippen molar-refractivity contribution >= 4 is 15.9 Å². The van der Waals surface area contributed by atoms with Gasteiger partial charge >= 0.3 is 0 Å². The number of unbranched alkanes of at least 4 members (excludes halogenated alkanes) is 1. The van der Waals surface area contributed by atoms with Crippen molar-refractivity contribution in [3.63, 3.8) is 0 Å². The van der Waals surface area contributed by atoms with Gasteiger partial charge in [-0.05, 0) is 27.2 Å². The van der Waals surface area contributed by atoms with Crippen LogP contribution in [0.3, 0.4) is 0 Å². The van der Waals surface area contributed by atoms with Crippen molar-refractivity contribution < 1.29 is 13.2 Å². The Balaban J connectivity index is 2.77. The van der Waals surface area contributed by atoms with Crippen molar-refractivity contribution in [1.82, 2.24) is 14.5 Å². The number of amides is 1. The fraction of sp³-hybridized carbons (Fsp3) is 0.667. The molecular weight excluding hydrogens is 266 g/mol. The first-order valence-corrected chi connectivity index (χ1v) is 7.91. The summed E-state index contributed by atoms with van der Waals surface area (Å²) in [6.45, 7) is 7.73. The van der Waals surface area contributed by atoms with Gasteiger partial charge in [0.15, 0.2) is 0 Å². The summed E-state index contributed by atoms with van der Waals surface area (Å²) in [5.74, 6) is -0.672. The molecule has 1 rings (SSSR count). The molecule has 0 aliphatic carbocycles. The smallest absolute Gasteiger partial charge is 0.267 e. The minimum absolute atomic E-state index is 0.0390. The SMILES string of the molecule is CCCCS(=O)(=O)NC(=O)c1cnn(C(C)(C)C)c1. The van der Waals surface area contributed by atoms with Crippen LogP contribution in [0.15, 0.2) is 12.4 Å². The number of nitrogens with zero attached hydrogens (tertiary/aromatic N) is 2. The minimum Gasteiger partial charge on any atom is -0.268 e. The van der Waals surface area contributed by atoms with Crippen molar-refractivity contribution in [1.29, 1.82) is 0 Å². The maximum Gasteiger partial charge on any atom is 0.267 e. The summed E-state index contributed by atoms with van der Waals surface area (Å²) in [6.07, 6.45) is 4.21. The Bertz CT molecular complexity index is 541. The lowest BCUT2D eigenvalue weighted by Crippen LogP contribution is -2.32. The summed E-state index contributed by atoms with van der Waals surface area (Å²) in [5, 5.41) is 4.06. The zero-order chi connectivity index (χ0) is 14.7. The zero-order valence-electron chi connectivity index (χ0n) is 11.8. The Morgan fingerprint density at radius 3 is 2.53 bits per heavy atom. The molecule has 0 aliphatic heterocycles. The lowest BCUT2D eigenvalue weighted by atomic mass is 10.1. The summed E-state index contributed by atoms with van der Waals surface area (Å²) in [5.41, 5.74) is -0.00501. The fourth-order valence-corrected chi connectivity index (χ4v) is 2.56. The molecule has 1 aromatic heterocycles. The number of sulfonamides is 1. The highest BCUT2D eigenvalue weighted by atomic mass is 32.2. The van der Waals surface area contributed by atoms with E-state index in [0.29, 0.717) is 6.42 Å². The molecular formula is C12H21N3O3S. The number of nitrogens with one attached hydrogen (secondary N) is 1. The van der Waals surface area contributed by atoms with E-state index in [0.717, 1.165) is 6.42 Å². The Kier molecular flexibility index (Phi) is 4.73. The van der Waals surface area contributed by atoms with Crippen LogP contribution in [-0.2, 0) is 15.6 Å². The van der Waals surface area contributed by atoms with Crippen LogP contribution in [0.1, 0.15) is 50.9 Å². The predicted molar refractivity (Wildman–Crippen MR) is 73.4 cm³/mol. The van der Waals surface area contributed by atoms with Crippen LogP contribution in [0.2, 0.25) is 0 Å². The van der Waals surface area contributed by atoms with Crippen molar-refractivity contribution in [2.45, 2.75) is 46.1 Å². The highest BCUT2D eigenvalue weighted by Gasteiger charge is 2.20. The largest absolute Gasteiger partial charge is 0.268 e. The van der Waals surface area contributed by atoms with Gasteiger partial charge in [0.05, 0.1) is 23.1 Å². The molecule has 0 atom stereocenters. The summed E-state index contributed by atoms with van der Waals surface area (Å²) in [6, 6.07) is 0. The molecule has 0 aliphatic rings. The third kappa shape index (κ3) is 4.66. The van der Waals surface area contributed by atoms with Crippen molar-refractivity contribution in [2.75, 3.05) is 5.75 Å². The molecule has 1 amide bonds. The van der Waals surface area contributed by atoms with Gasteiger partial charge in [-0.3, -0.25) is 9.48 Å². The minimum atomic E-state index is -3.55. The van der Waals surface area contributed by atoms with Gasteiger partial charge < -0.3 is 0 Å². The molecule has 0 saturated carbocycles. The molecule has 0 unspecified atom stereocenters. The zero-order valence-corrected chi connectivity index (χ0v) is 12.6. The van der Waals surface area contributed by atoms with Crippen LogP contribution in [0.25, 0.3) is 0 Å². The van der Waals surface area contributed by atoms with Gasteiger partial charge in [0.1, 0.15) is 0 Å². The second-order valence-corrected chi connectivity index (χ2v) is 7.29. The van der Waals surface area contributed by atoms with Crippen LogP contribution in [-0.4, -0.2) is 29.9 Å². The topological polar surface area (TPSA) is 81.1 Å². The van der Waals surface area contributed by atoms with Crippen LogP contribution in [0.5, 0.6) is 0 Å². The average Bonchev–Trinajstić information content (AvgIpc) is 2.74. The number of carbonyl (C=O) groups is 1. The van der Waals surface area contributed by atoms with E-state index in [1.165, 1.54) is 6.20 Å². The van der Waals surface area contributed by atoms with Gasteiger partial charge in [0, 0.05) is 6.20 Å². The Labute approximate surface area is 114 Å². The molecule has 1 heterocycles. The monoisotopic (exact) mass is 287 g/mol. The number of hydrogen-bond acceptors (Lipinski definition) is 4. The molecule has 108 valence electrons. The van der Waals surface area contributed by atoms with Crippen molar-refractivity contribution in [3.8, 4) is 0 Å². The predicted octanol–water partition coefficient (Wildman–Crippen LogP) is 1.50. The van der Waals surface area contributed by atoms with Crippen LogP contribution < -0.4 is 4.72 Å². The molecule has 0 radical (unpaired) electrons. The number of hydrogen-bond donors (Lipinski definition) is 1. The first-order chi connectivity index (χ1) is 8.65. The first-order valence-electron chi connectivity index (χ1n) is 6.25. The molecule has 6 nitrogen and oxygen atoms in total. The molecule has 1 N–H and O–H groups in total. The quantitative estimate of drug-likeness (QED) is 0.889. The second kappa shape index (κ2) is 5.73.